The lowest BCUT2D eigenvalue weighted by Gasteiger charge is -2.03. The highest BCUT2D eigenvalue weighted by Crippen LogP contribution is 2.34. The maximum atomic E-state index is 12.0. The van der Waals surface area contributed by atoms with Crippen molar-refractivity contribution in [2.24, 2.45) is 0 Å². The first-order valence-corrected chi connectivity index (χ1v) is 3.74. The lowest BCUT2D eigenvalue weighted by atomic mass is 10.5. The van der Waals surface area contributed by atoms with Crippen LogP contribution in [0.5, 0.6) is 0 Å². The minimum Gasteiger partial charge on any atom is -0.188 e. The minimum absolute atomic E-state index is 0.00935. The number of allylic oxidation sites excluding steroid dienone is 2. The van der Waals surface area contributed by atoms with Gasteiger partial charge in [0.05, 0.1) is 3.58 Å². The van der Waals surface area contributed by atoms with Crippen LogP contribution < -0.4 is 0 Å². The van der Waals surface area contributed by atoms with Crippen LogP contribution >= 0.6 is 38.5 Å². The Kier molecular flexibility index (Phi) is 3.41. The van der Waals surface area contributed by atoms with Gasteiger partial charge in [-0.1, -0.05) is 6.08 Å². The van der Waals surface area contributed by atoms with Crippen molar-refractivity contribution in [1.82, 2.24) is 0 Å². The molecule has 0 aliphatic carbocycles. The number of rotatable bonds is 1. The Morgan fingerprint density at radius 3 is 2.12 bits per heavy atom. The van der Waals surface area contributed by atoms with Gasteiger partial charge in [-0.25, -0.2) is 0 Å². The van der Waals surface area contributed by atoms with Gasteiger partial charge in [0, 0.05) is 0 Å². The number of hydrogen-bond donors (Lipinski definition) is 0. The van der Waals surface area contributed by atoms with E-state index in [1.807, 2.05) is 0 Å². The van der Waals surface area contributed by atoms with Gasteiger partial charge >= 0.3 is 4.83 Å². The van der Waals surface area contributed by atoms with Crippen molar-refractivity contribution in [1.29, 1.82) is 0 Å². The first-order chi connectivity index (χ1) is 3.48. The molecule has 0 N–H and O–H groups in total. The van der Waals surface area contributed by atoms with Crippen LogP contribution in [0.3, 0.4) is 0 Å². The van der Waals surface area contributed by atoms with Crippen molar-refractivity contribution >= 4 is 38.5 Å². The van der Waals surface area contributed by atoms with Crippen molar-refractivity contribution in [3.05, 3.63) is 9.66 Å². The molecular weight excluding hydrogens is 293 g/mol. The molecule has 0 unspecified atom stereocenters. The molecule has 0 bridgehead atoms. The molecule has 0 amide bonds. The molecule has 0 spiro atoms. The zero-order chi connectivity index (χ0) is 6.78. The third-order valence-electron chi connectivity index (χ3n) is 0.524. The fourth-order valence-electron chi connectivity index (χ4n) is 0.164. The van der Waals surface area contributed by atoms with Crippen LogP contribution in [0, 0.1) is 0 Å². The first-order valence-electron chi connectivity index (χ1n) is 1.87. The topological polar surface area (TPSA) is 0 Å². The van der Waals surface area contributed by atoms with Gasteiger partial charge in [0.1, 0.15) is 0 Å². The minimum atomic E-state index is -2.83. The molecule has 0 fully saturated rings. The summed E-state index contributed by atoms with van der Waals surface area (Å²) in [4.78, 5) is -2.83. The van der Waals surface area contributed by atoms with Crippen LogP contribution in [0.2, 0.25) is 0 Å². The van der Waals surface area contributed by atoms with E-state index in [1.54, 1.807) is 29.5 Å². The second-order valence-corrected chi connectivity index (χ2v) is 3.29. The van der Waals surface area contributed by atoms with E-state index in [1.165, 1.54) is 6.08 Å². The summed E-state index contributed by atoms with van der Waals surface area (Å²) < 4.78 is 23.9. The van der Waals surface area contributed by atoms with Crippen LogP contribution in [-0.2, 0) is 0 Å². The molecule has 0 atom stereocenters. The second kappa shape index (κ2) is 3.10. The second-order valence-electron chi connectivity index (χ2n) is 1.13. The summed E-state index contributed by atoms with van der Waals surface area (Å²) in [7, 11) is 0. The highest BCUT2D eigenvalue weighted by Gasteiger charge is 2.26. The highest BCUT2D eigenvalue weighted by atomic mass is 127. The lowest BCUT2D eigenvalue weighted by molar-refractivity contribution is 0.169. The summed E-state index contributed by atoms with van der Waals surface area (Å²) in [5.74, 6) is 0. The van der Waals surface area contributed by atoms with E-state index >= 15 is 0 Å². The molecule has 48 valence electrons. The van der Waals surface area contributed by atoms with E-state index in [2.05, 4.69) is 15.9 Å². The van der Waals surface area contributed by atoms with Crippen LogP contribution in [0.15, 0.2) is 9.66 Å². The van der Waals surface area contributed by atoms with Gasteiger partial charge in [0.2, 0.25) is 0 Å². The Bertz CT molecular complexity index is 105. The normalized spacial score (nSPS) is 14.4. The van der Waals surface area contributed by atoms with E-state index in [9.17, 15) is 8.78 Å². The average molecular weight is 297 g/mol. The van der Waals surface area contributed by atoms with Gasteiger partial charge in [0.25, 0.3) is 0 Å². The van der Waals surface area contributed by atoms with Crippen molar-refractivity contribution in [2.75, 3.05) is 0 Å². The van der Waals surface area contributed by atoms with E-state index < -0.39 is 4.83 Å². The summed E-state index contributed by atoms with van der Waals surface area (Å²) in [6.45, 7) is 1.57. The predicted molar refractivity (Wildman–Crippen MR) is 41.7 cm³/mol. The molecule has 0 aromatic rings. The Morgan fingerprint density at radius 1 is 1.75 bits per heavy atom. The molecule has 0 radical (unpaired) electrons. The molecule has 0 nitrogen and oxygen atoms in total. The zero-order valence-electron chi connectivity index (χ0n) is 4.09. The summed E-state index contributed by atoms with van der Waals surface area (Å²) in [6, 6.07) is 0. The average Bonchev–Trinajstić information content (AvgIpc) is 1.62. The van der Waals surface area contributed by atoms with E-state index in [4.69, 9.17) is 0 Å². The Morgan fingerprint density at radius 2 is 2.12 bits per heavy atom. The number of alkyl halides is 3. The Balaban J connectivity index is 4.03. The summed E-state index contributed by atoms with van der Waals surface area (Å²) >= 11 is 3.77. The zero-order valence-corrected chi connectivity index (χ0v) is 7.83. The lowest BCUT2D eigenvalue weighted by Crippen LogP contribution is -2.02. The van der Waals surface area contributed by atoms with Gasteiger partial charge in [-0.3, -0.25) is 0 Å². The summed E-state index contributed by atoms with van der Waals surface area (Å²) in [5.41, 5.74) is 0. The van der Waals surface area contributed by atoms with Crippen molar-refractivity contribution in [2.45, 2.75) is 11.8 Å². The smallest absolute Gasteiger partial charge is 0.188 e. The molecule has 0 rings (SSSR count). The molecule has 0 aliphatic rings. The van der Waals surface area contributed by atoms with Gasteiger partial charge < -0.3 is 0 Å². The molecular formula is C4H4BrF2I. The SMILES string of the molecule is CC=C(I)C(F)(F)Br. The van der Waals surface area contributed by atoms with Crippen molar-refractivity contribution in [3.63, 3.8) is 0 Å². The van der Waals surface area contributed by atoms with Gasteiger partial charge in [-0.2, -0.15) is 8.78 Å². The monoisotopic (exact) mass is 296 g/mol. The van der Waals surface area contributed by atoms with Crippen LogP contribution in [0.4, 0.5) is 8.78 Å². The van der Waals surface area contributed by atoms with Crippen LogP contribution in [-0.4, -0.2) is 4.83 Å². The maximum absolute atomic E-state index is 12.0. The highest BCUT2D eigenvalue weighted by molar-refractivity contribution is 14.1. The maximum Gasteiger partial charge on any atom is 0.331 e. The van der Waals surface area contributed by atoms with Gasteiger partial charge in [0.15, 0.2) is 0 Å². The molecule has 0 aromatic carbocycles. The molecule has 0 saturated carbocycles. The van der Waals surface area contributed by atoms with Crippen LogP contribution in [0.1, 0.15) is 6.92 Å². The quantitative estimate of drug-likeness (QED) is 0.514. The number of halogens is 4. The van der Waals surface area contributed by atoms with Gasteiger partial charge in [-0.05, 0) is 45.4 Å². The molecule has 0 saturated heterocycles. The van der Waals surface area contributed by atoms with Crippen molar-refractivity contribution < 1.29 is 8.78 Å². The van der Waals surface area contributed by atoms with Gasteiger partial charge in [-0.15, -0.1) is 0 Å². The fourth-order valence-corrected chi connectivity index (χ4v) is 0.393. The third kappa shape index (κ3) is 2.96. The predicted octanol–water partition coefficient (Wildman–Crippen LogP) is 3.31. The van der Waals surface area contributed by atoms with Crippen LogP contribution in [0.25, 0.3) is 0 Å². The van der Waals surface area contributed by atoms with E-state index in [0.717, 1.165) is 0 Å². The summed E-state index contributed by atoms with van der Waals surface area (Å²) in [6.07, 6.45) is 1.36. The standard InChI is InChI=1S/C4H4BrF2I/c1-2-3(8)4(5,6)7/h2H,1H3. The summed E-state index contributed by atoms with van der Waals surface area (Å²) in [5, 5.41) is 0. The number of hydrogen-bond acceptors (Lipinski definition) is 0. The van der Waals surface area contributed by atoms with E-state index in [-0.39, 0.29) is 3.58 Å². The Hall–Kier alpha value is 0.810. The third-order valence-corrected chi connectivity index (χ3v) is 2.99. The first kappa shape index (κ1) is 8.81. The molecule has 8 heavy (non-hydrogen) atoms. The van der Waals surface area contributed by atoms with Crippen molar-refractivity contribution in [3.8, 4) is 0 Å². The largest absolute Gasteiger partial charge is 0.331 e. The fraction of sp³-hybridized carbons (Fsp3) is 0.500. The Labute approximate surface area is 68.6 Å². The molecule has 0 heterocycles. The molecule has 4 heteroatoms. The molecule has 0 aliphatic heterocycles. The van der Waals surface area contributed by atoms with E-state index in [0.29, 0.717) is 0 Å². The molecule has 0 aromatic heterocycles.